The van der Waals surface area contributed by atoms with Gasteiger partial charge < -0.3 is 9.64 Å². The van der Waals surface area contributed by atoms with E-state index in [1.165, 1.54) is 47.5 Å². The van der Waals surface area contributed by atoms with Crippen molar-refractivity contribution in [1.29, 1.82) is 0 Å². The van der Waals surface area contributed by atoms with Gasteiger partial charge in [-0.3, -0.25) is 4.79 Å². The number of sulfone groups is 1. The molecule has 5 nitrogen and oxygen atoms in total. The first-order valence-corrected chi connectivity index (χ1v) is 10.5. The van der Waals surface area contributed by atoms with Crippen LogP contribution in [-0.4, -0.2) is 20.6 Å². The fraction of sp³-hybridized carbons (Fsp3) is 0.0455. The molecule has 31 heavy (non-hydrogen) atoms. The molecule has 0 fully saturated rings. The molecule has 3 aromatic rings. The molecule has 3 aromatic carbocycles. The van der Waals surface area contributed by atoms with Gasteiger partial charge in [0.25, 0.3) is 0 Å². The normalized spacial score (nSPS) is 15.1. The second-order valence-corrected chi connectivity index (χ2v) is 8.46. The minimum Gasteiger partial charge on any atom is -0.406 e. The van der Waals surface area contributed by atoms with E-state index in [4.69, 9.17) is 0 Å². The lowest BCUT2D eigenvalue weighted by Crippen LogP contribution is -2.25. The second-order valence-electron chi connectivity index (χ2n) is 6.57. The van der Waals surface area contributed by atoms with Crippen LogP contribution in [0.3, 0.4) is 0 Å². The number of rotatable bonds is 4. The highest BCUT2D eigenvalue weighted by molar-refractivity contribution is 7.96. The van der Waals surface area contributed by atoms with Gasteiger partial charge in [0.05, 0.1) is 10.6 Å². The van der Waals surface area contributed by atoms with Crippen LogP contribution in [0.4, 0.5) is 24.5 Å². The van der Waals surface area contributed by atoms with Crippen molar-refractivity contribution in [3.8, 4) is 5.75 Å². The summed E-state index contributed by atoms with van der Waals surface area (Å²) in [5.74, 6) is -1.10. The predicted molar refractivity (Wildman–Crippen MR) is 108 cm³/mol. The first kappa shape index (κ1) is 20.7. The maximum absolute atomic E-state index is 13.1. The number of halogens is 3. The van der Waals surface area contributed by atoms with Crippen LogP contribution in [0, 0.1) is 0 Å². The van der Waals surface area contributed by atoms with Crippen molar-refractivity contribution in [2.24, 2.45) is 0 Å². The van der Waals surface area contributed by atoms with Gasteiger partial charge in [-0.05, 0) is 36.4 Å². The summed E-state index contributed by atoms with van der Waals surface area (Å²) in [7, 11) is -4.11. The molecular weight excluding hydrogens is 431 g/mol. The molecule has 0 bridgehead atoms. The van der Waals surface area contributed by atoms with Crippen LogP contribution in [0.25, 0.3) is 0 Å². The van der Waals surface area contributed by atoms with Crippen LogP contribution in [0.1, 0.15) is 10.4 Å². The molecule has 0 unspecified atom stereocenters. The Morgan fingerprint density at radius 1 is 0.839 bits per heavy atom. The van der Waals surface area contributed by atoms with E-state index in [1.807, 2.05) is 0 Å². The molecule has 4 rings (SSSR count). The number of carbonyl (C=O) groups excluding carboxylic acids is 1. The Hall–Kier alpha value is -3.59. The number of benzene rings is 3. The van der Waals surface area contributed by atoms with Crippen molar-refractivity contribution in [1.82, 2.24) is 0 Å². The first-order valence-electron chi connectivity index (χ1n) is 8.97. The molecule has 1 aliphatic heterocycles. The van der Waals surface area contributed by atoms with Gasteiger partial charge in [-0.2, -0.15) is 0 Å². The molecule has 0 saturated heterocycles. The zero-order valence-electron chi connectivity index (χ0n) is 15.7. The van der Waals surface area contributed by atoms with Crippen LogP contribution in [0.15, 0.2) is 94.9 Å². The molecule has 1 aliphatic rings. The monoisotopic (exact) mass is 445 g/mol. The second kappa shape index (κ2) is 7.59. The number of nitrogens with zero attached hydrogens (tertiary/aromatic N) is 1. The quantitative estimate of drug-likeness (QED) is 0.515. The predicted octanol–water partition coefficient (Wildman–Crippen LogP) is 5.23. The van der Waals surface area contributed by atoms with E-state index in [9.17, 15) is 26.4 Å². The summed E-state index contributed by atoms with van der Waals surface area (Å²) in [6.07, 6.45) is -3.64. The Labute approximate surface area is 175 Å². The van der Waals surface area contributed by atoms with E-state index in [0.29, 0.717) is 5.69 Å². The third-order valence-corrected chi connectivity index (χ3v) is 6.35. The Bertz CT molecular complexity index is 1270. The zero-order valence-corrected chi connectivity index (χ0v) is 16.5. The number of ketones is 1. The summed E-state index contributed by atoms with van der Waals surface area (Å²) in [4.78, 5) is 13.9. The lowest BCUT2D eigenvalue weighted by atomic mass is 10.1. The summed E-state index contributed by atoms with van der Waals surface area (Å²) in [5.41, 5.74) is 0.831. The molecule has 1 heterocycles. The van der Waals surface area contributed by atoms with Crippen LogP contribution in [0.5, 0.6) is 5.75 Å². The molecule has 0 aliphatic carbocycles. The number of fused-ring (bicyclic) bond motifs is 1. The number of allylic oxidation sites excluding steroid dienone is 1. The topological polar surface area (TPSA) is 63.7 Å². The number of Topliss-reactive ketones (excluding diaryl/α,β-unsaturated/α-hetero) is 1. The highest BCUT2D eigenvalue weighted by Crippen LogP contribution is 2.40. The Balaban J connectivity index is 1.82. The summed E-state index contributed by atoms with van der Waals surface area (Å²) < 4.78 is 67.5. The largest absolute Gasteiger partial charge is 0.573 e. The van der Waals surface area contributed by atoms with Crippen molar-refractivity contribution >= 4 is 27.0 Å². The fourth-order valence-electron chi connectivity index (χ4n) is 3.19. The number of ether oxygens (including phenoxy) is 1. The molecule has 0 amide bonds. The van der Waals surface area contributed by atoms with Gasteiger partial charge >= 0.3 is 6.36 Å². The van der Waals surface area contributed by atoms with Crippen LogP contribution in [-0.2, 0) is 9.84 Å². The lowest BCUT2D eigenvalue weighted by molar-refractivity contribution is -0.274. The van der Waals surface area contributed by atoms with E-state index in [1.54, 1.807) is 30.3 Å². The van der Waals surface area contributed by atoms with Crippen LogP contribution in [0.2, 0.25) is 0 Å². The summed E-state index contributed by atoms with van der Waals surface area (Å²) >= 11 is 0. The third kappa shape index (κ3) is 4.04. The molecular formula is C22H14F3NO4S. The number of carbonyl (C=O) groups is 1. The van der Waals surface area contributed by atoms with E-state index in [2.05, 4.69) is 4.74 Å². The summed E-state index contributed by atoms with van der Waals surface area (Å²) in [6.45, 7) is 0. The maximum Gasteiger partial charge on any atom is 0.573 e. The third-order valence-electron chi connectivity index (χ3n) is 4.56. The summed E-state index contributed by atoms with van der Waals surface area (Å²) in [6, 6.07) is 19.0. The van der Waals surface area contributed by atoms with Gasteiger partial charge in [-0.15, -0.1) is 13.2 Å². The zero-order chi connectivity index (χ0) is 22.2. The van der Waals surface area contributed by atoms with Gasteiger partial charge in [-0.1, -0.05) is 42.5 Å². The fourth-order valence-corrected chi connectivity index (χ4v) is 4.74. The van der Waals surface area contributed by atoms with Crippen molar-refractivity contribution in [3.63, 3.8) is 0 Å². The van der Waals surface area contributed by atoms with E-state index in [0.717, 1.165) is 12.1 Å². The smallest absolute Gasteiger partial charge is 0.406 e. The van der Waals surface area contributed by atoms with Crippen molar-refractivity contribution in [2.45, 2.75) is 11.3 Å². The average molecular weight is 445 g/mol. The molecule has 0 aromatic heterocycles. The molecule has 0 spiro atoms. The van der Waals surface area contributed by atoms with Gasteiger partial charge in [0.15, 0.2) is 0 Å². The highest BCUT2D eigenvalue weighted by Gasteiger charge is 2.36. The van der Waals surface area contributed by atoms with Crippen LogP contribution < -0.4 is 9.64 Å². The van der Waals surface area contributed by atoms with Gasteiger partial charge in [0.2, 0.25) is 15.6 Å². The molecule has 0 saturated carbocycles. The van der Waals surface area contributed by atoms with Crippen LogP contribution >= 0.6 is 0 Å². The van der Waals surface area contributed by atoms with Crippen molar-refractivity contribution in [2.75, 3.05) is 4.90 Å². The number of hydrogen-bond acceptors (Lipinski definition) is 5. The minimum absolute atomic E-state index is 0.0765. The van der Waals surface area contributed by atoms with Crippen molar-refractivity contribution < 1.29 is 31.1 Å². The first-order chi connectivity index (χ1) is 14.7. The Morgan fingerprint density at radius 3 is 2.10 bits per heavy atom. The molecule has 0 radical (unpaired) electrons. The minimum atomic E-state index is -4.83. The summed E-state index contributed by atoms with van der Waals surface area (Å²) in [5, 5.41) is 0. The molecule has 9 heteroatoms. The SMILES string of the molecule is O=C(C1=CN(c2ccc(OC(F)(F)F)cc2)c2ccccc2S1(=O)=O)c1ccccc1. The Kier molecular flexibility index (Phi) is 5.06. The van der Waals surface area contributed by atoms with Gasteiger partial charge in [-0.25, -0.2) is 8.42 Å². The number of alkyl halides is 3. The standard InChI is InChI=1S/C22H14F3NO4S/c23-22(24,25)30-17-12-10-16(11-13-17)26-14-20(21(27)15-6-2-1-3-7-15)31(28,29)19-9-5-4-8-18(19)26/h1-14H. The number of para-hydroxylation sites is 1. The van der Waals surface area contributed by atoms with E-state index >= 15 is 0 Å². The van der Waals surface area contributed by atoms with E-state index in [-0.39, 0.29) is 16.1 Å². The molecule has 0 N–H and O–H groups in total. The van der Waals surface area contributed by atoms with Gasteiger partial charge in [0, 0.05) is 17.5 Å². The maximum atomic E-state index is 13.1. The number of anilines is 2. The average Bonchev–Trinajstić information content (AvgIpc) is 2.74. The number of hydrogen-bond donors (Lipinski definition) is 0. The lowest BCUT2D eigenvalue weighted by Gasteiger charge is -2.29. The van der Waals surface area contributed by atoms with Gasteiger partial charge in [0.1, 0.15) is 10.7 Å². The molecule has 0 atom stereocenters. The van der Waals surface area contributed by atoms with Crippen molar-refractivity contribution in [3.05, 3.63) is 95.5 Å². The van der Waals surface area contributed by atoms with E-state index < -0.39 is 32.6 Å². The molecule has 158 valence electrons. The Morgan fingerprint density at radius 2 is 1.45 bits per heavy atom. The highest BCUT2D eigenvalue weighted by atomic mass is 32.2.